The Balaban J connectivity index is 0.000000260. The second-order valence-corrected chi connectivity index (χ2v) is 28.5. The fourth-order valence-corrected chi connectivity index (χ4v) is 13.0. The molecule has 111 heavy (non-hydrogen) atoms. The van der Waals surface area contributed by atoms with Gasteiger partial charge in [-0.15, -0.1) is 34.0 Å². The van der Waals surface area contributed by atoms with Crippen molar-refractivity contribution in [3.63, 3.8) is 0 Å². The molecule has 8 rings (SSSR count). The Morgan fingerprint density at radius 1 is 0.351 bits per heavy atom. The highest BCUT2D eigenvalue weighted by atomic mass is 32.1. The van der Waals surface area contributed by atoms with Crippen LogP contribution in [0.4, 0.5) is 4.79 Å². The molecule has 8 aromatic rings. The van der Waals surface area contributed by atoms with E-state index in [-0.39, 0.29) is 103 Å². The number of aryl methyl sites for hydroxylation is 3. The number of benzene rings is 5. The Hall–Kier alpha value is -12.8. The van der Waals surface area contributed by atoms with E-state index in [0.29, 0.717) is 70.2 Å². The van der Waals surface area contributed by atoms with Crippen molar-refractivity contribution in [2.75, 3.05) is 60.6 Å². The van der Waals surface area contributed by atoms with E-state index in [9.17, 15) is 93.3 Å². The molecule has 9 amide bonds. The third kappa shape index (κ3) is 28.1. The second-order valence-electron chi connectivity index (χ2n) is 25.3. The molecule has 0 aliphatic rings. The predicted octanol–water partition coefficient (Wildman–Crippen LogP) is 6.23. The van der Waals surface area contributed by atoms with Crippen LogP contribution in [-0.2, 0) is 52.6 Å². The van der Waals surface area contributed by atoms with Crippen molar-refractivity contribution in [3.8, 4) is 40.2 Å². The zero-order valence-electron chi connectivity index (χ0n) is 61.6. The summed E-state index contributed by atoms with van der Waals surface area (Å²) in [7, 11) is 3.43. The summed E-state index contributed by atoms with van der Waals surface area (Å²) in [5.41, 5.74) is 3.38. The number of phenols is 7. The summed E-state index contributed by atoms with van der Waals surface area (Å²) in [6.45, 7) is 10.2. The number of amides is 9. The predicted molar refractivity (Wildman–Crippen MR) is 408 cm³/mol. The van der Waals surface area contributed by atoms with Gasteiger partial charge in [0.1, 0.15) is 64.0 Å². The number of carbonyl (C=O) groups excluding carboxylic acids is 12. The molecule has 5 aromatic carbocycles. The van der Waals surface area contributed by atoms with Crippen molar-refractivity contribution in [1.82, 2.24) is 47.9 Å². The number of carbonyl (C=O) groups is 12. The van der Waals surface area contributed by atoms with Gasteiger partial charge in [-0.1, -0.05) is 36.4 Å². The quantitative estimate of drug-likeness (QED) is 0.0182. The molecule has 0 spiro atoms. The average Bonchev–Trinajstić information content (AvgIpc) is 1.71. The minimum absolute atomic E-state index is 0.0498. The van der Waals surface area contributed by atoms with E-state index in [2.05, 4.69) is 47.9 Å². The van der Waals surface area contributed by atoms with Gasteiger partial charge in [0, 0.05) is 56.0 Å². The van der Waals surface area contributed by atoms with Gasteiger partial charge in [-0.05, 0) is 173 Å². The number of hydrogen-bond acceptors (Lipinski definition) is 26. The zero-order chi connectivity index (χ0) is 81.8. The lowest BCUT2D eigenvalue weighted by Crippen LogP contribution is -2.49. The van der Waals surface area contributed by atoms with Crippen molar-refractivity contribution in [2.24, 2.45) is 0 Å². The molecular formula is C76H85N9O23S3. The van der Waals surface area contributed by atoms with Crippen LogP contribution in [0.15, 0.2) is 127 Å². The van der Waals surface area contributed by atoms with Crippen molar-refractivity contribution in [1.29, 1.82) is 0 Å². The molecule has 0 radical (unpaired) electrons. The summed E-state index contributed by atoms with van der Waals surface area (Å²) in [6, 6.07) is 27.9. The summed E-state index contributed by atoms with van der Waals surface area (Å²) in [6.07, 6.45) is 0.806. The maximum atomic E-state index is 12.9. The Bertz CT molecular complexity index is 4450. The molecule has 0 saturated heterocycles. The van der Waals surface area contributed by atoms with Crippen LogP contribution in [0.3, 0.4) is 0 Å². The molecule has 3 aromatic heterocycles. The molecule has 35 heteroatoms. The third-order valence-corrected chi connectivity index (χ3v) is 19.1. The number of rotatable bonds is 29. The maximum Gasteiger partial charge on any atom is 0.407 e. The number of nitrogens with one attached hydrogen (secondary N) is 9. The van der Waals surface area contributed by atoms with Crippen molar-refractivity contribution in [2.45, 2.75) is 84.5 Å². The minimum atomic E-state index is -1.25. The molecule has 0 bridgehead atoms. The number of esters is 3. The average molecular weight is 1590 g/mol. The molecule has 0 saturated carbocycles. The number of methoxy groups -OCH3 is 3. The topological polar surface area (TPSA) is 492 Å². The summed E-state index contributed by atoms with van der Waals surface area (Å²) >= 11 is 2.89. The summed E-state index contributed by atoms with van der Waals surface area (Å²) in [4.78, 5) is 151. The first-order valence-electron chi connectivity index (χ1n) is 33.8. The maximum absolute atomic E-state index is 12.9. The lowest BCUT2D eigenvalue weighted by Gasteiger charge is -2.21. The van der Waals surface area contributed by atoms with Gasteiger partial charge < -0.3 is 103 Å². The van der Waals surface area contributed by atoms with E-state index < -0.39 is 77.3 Å². The Morgan fingerprint density at radius 2 is 0.631 bits per heavy atom. The Labute approximate surface area is 648 Å². The monoisotopic (exact) mass is 1590 g/mol. The Kier molecular flexibility index (Phi) is 32.6. The van der Waals surface area contributed by atoms with Gasteiger partial charge in [-0.3, -0.25) is 38.4 Å². The van der Waals surface area contributed by atoms with Crippen LogP contribution in [0, 0.1) is 20.8 Å². The molecule has 3 atom stereocenters. The van der Waals surface area contributed by atoms with Gasteiger partial charge in [0.25, 0.3) is 47.3 Å². The lowest BCUT2D eigenvalue weighted by atomic mass is 10.1. The van der Waals surface area contributed by atoms with Crippen LogP contribution in [-0.4, -0.2) is 191 Å². The minimum Gasteiger partial charge on any atom is -0.508 e. The van der Waals surface area contributed by atoms with Gasteiger partial charge in [-0.25, -0.2) is 19.2 Å². The first-order valence-corrected chi connectivity index (χ1v) is 36.2. The van der Waals surface area contributed by atoms with E-state index >= 15 is 0 Å². The van der Waals surface area contributed by atoms with Gasteiger partial charge in [-0.2, -0.15) is 0 Å². The van der Waals surface area contributed by atoms with Crippen LogP contribution < -0.4 is 47.9 Å². The lowest BCUT2D eigenvalue weighted by molar-refractivity contribution is -0.143. The SMILES string of the molecule is COC(=O)[C@H](CNC(=O)OC(C)(C)C)NC(=O)c1sc(C(=O)NCCc2cccc(O)c2)cc1C.COC(=O)[C@H](CNC(=O)c1cc(O)cc(O)c1)NC(=O)c1sc(C(=O)NCCc2cccc(O)c2)cc1C.COC(=O)[C@H](CNC(=O)c1cc(O)cc(O)c1)NC(=O)c1sc(C(=O)NCCc2cccc(O)c2)cc1C. The second kappa shape index (κ2) is 41.5. The van der Waals surface area contributed by atoms with E-state index in [4.69, 9.17) is 18.9 Å². The van der Waals surface area contributed by atoms with E-state index in [0.717, 1.165) is 101 Å². The van der Waals surface area contributed by atoms with Gasteiger partial charge in [0.2, 0.25) is 0 Å². The van der Waals surface area contributed by atoms with Crippen molar-refractivity contribution >= 4 is 105 Å². The number of ether oxygens (including phenoxy) is 4. The normalized spacial score (nSPS) is 11.5. The molecule has 16 N–H and O–H groups in total. The zero-order valence-corrected chi connectivity index (χ0v) is 64.1. The van der Waals surface area contributed by atoms with Crippen LogP contribution in [0.1, 0.15) is 133 Å². The van der Waals surface area contributed by atoms with Crippen LogP contribution in [0.25, 0.3) is 0 Å². The number of phenolic OH excluding ortho intramolecular Hbond substituents is 7. The highest BCUT2D eigenvalue weighted by Crippen LogP contribution is 2.27. The van der Waals surface area contributed by atoms with Gasteiger partial charge >= 0.3 is 24.0 Å². The molecular weight excluding hydrogens is 1500 g/mol. The van der Waals surface area contributed by atoms with Crippen molar-refractivity contribution < 1.29 is 112 Å². The van der Waals surface area contributed by atoms with E-state index in [1.165, 1.54) is 7.11 Å². The third-order valence-electron chi connectivity index (χ3n) is 15.4. The fourth-order valence-electron chi connectivity index (χ4n) is 10.0. The molecule has 0 aliphatic carbocycles. The summed E-state index contributed by atoms with van der Waals surface area (Å²) < 4.78 is 19.3. The van der Waals surface area contributed by atoms with E-state index in [1.54, 1.807) is 114 Å². The molecule has 3 heterocycles. The molecule has 0 unspecified atom stereocenters. The largest absolute Gasteiger partial charge is 0.508 e. The number of alkyl carbamates (subject to hydrolysis) is 1. The molecule has 0 aliphatic heterocycles. The fraction of sp³-hybridized carbons (Fsp3) is 0.289. The van der Waals surface area contributed by atoms with Crippen LogP contribution >= 0.6 is 34.0 Å². The number of aromatic hydroxyl groups is 7. The number of thiophene rings is 3. The Morgan fingerprint density at radius 3 is 0.892 bits per heavy atom. The first-order chi connectivity index (χ1) is 52.5. The van der Waals surface area contributed by atoms with E-state index in [1.807, 2.05) is 18.2 Å². The molecule has 590 valence electrons. The summed E-state index contributed by atoms with van der Waals surface area (Å²) in [5.74, 6) is -7.52. The highest BCUT2D eigenvalue weighted by molar-refractivity contribution is 7.17. The first kappa shape index (κ1) is 87.2. The number of hydrogen-bond donors (Lipinski definition) is 16. The smallest absolute Gasteiger partial charge is 0.407 e. The van der Waals surface area contributed by atoms with Crippen molar-refractivity contribution in [3.05, 3.63) is 201 Å². The van der Waals surface area contributed by atoms with Crippen LogP contribution in [0.2, 0.25) is 0 Å². The van der Waals surface area contributed by atoms with Gasteiger partial charge in [0.15, 0.2) is 0 Å². The molecule has 0 fully saturated rings. The molecule has 32 nitrogen and oxygen atoms in total. The van der Waals surface area contributed by atoms with Gasteiger partial charge in [0.05, 0.1) is 57.1 Å². The highest BCUT2D eigenvalue weighted by Gasteiger charge is 2.30. The van der Waals surface area contributed by atoms with Crippen LogP contribution in [0.5, 0.6) is 40.2 Å². The summed E-state index contributed by atoms with van der Waals surface area (Å²) in [5, 5.41) is 90.1. The standard InChI is InChI=1S/2C26H27N3O8S.C24H31N3O7S/c2*1-14-8-21(24(34)27-7-6-15-4-3-5-17(30)9-15)38-22(14)25(35)29-20(26(36)37-2)13-28-23(33)16-10-18(31)12-19(32)11-16;1-14-11-18(20(29)25-10-9-15-7-6-8-16(28)12-15)35-19(14)21(30)27-17(22(31)33-5)13-26-23(32)34-24(2,3)4/h2*3-5,8-12,20,30-32H,6-7,13H2,1-2H3,(H,27,34)(H,28,33)(H,29,35);6-8,11-12,17,28H,9-10,13H2,1-5H3,(H,25,29)(H,26,32)(H,27,30)/t2*20-;17-/m000/s1.